The summed E-state index contributed by atoms with van der Waals surface area (Å²) in [7, 11) is 0. The van der Waals surface area contributed by atoms with E-state index in [9.17, 15) is 58.2 Å². The van der Waals surface area contributed by atoms with Crippen molar-refractivity contribution in [3.63, 3.8) is 0 Å². The molecule has 0 saturated carbocycles. The quantitative estimate of drug-likeness (QED) is 0.0189. The summed E-state index contributed by atoms with van der Waals surface area (Å²) in [5.41, 5.74) is 29.9. The molecular weight excluding hydrogens is 1070 g/mol. The van der Waals surface area contributed by atoms with Gasteiger partial charge < -0.3 is 85.5 Å². The molecule has 456 valence electrons. The first-order valence-corrected chi connectivity index (χ1v) is 28.7. The van der Waals surface area contributed by atoms with Crippen molar-refractivity contribution >= 4 is 65.1 Å². The van der Waals surface area contributed by atoms with Crippen molar-refractivity contribution in [3.05, 3.63) is 71.8 Å². The molecule has 9 amide bonds. The molecule has 3 aliphatic rings. The summed E-state index contributed by atoms with van der Waals surface area (Å²) in [6.45, 7) is -0.172. The molecule has 0 unspecified atom stereocenters. The van der Waals surface area contributed by atoms with Gasteiger partial charge in [0, 0.05) is 39.0 Å². The average Bonchev–Trinajstić information content (AvgIpc) is 4.42. The van der Waals surface area contributed by atoms with Crippen LogP contribution in [0.1, 0.15) is 101 Å². The van der Waals surface area contributed by atoms with Crippen molar-refractivity contribution in [2.75, 3.05) is 52.4 Å². The Hall–Kier alpha value is -7.75. The van der Waals surface area contributed by atoms with E-state index in [-0.39, 0.29) is 83.5 Å². The molecule has 0 aliphatic carbocycles. The molecule has 0 spiro atoms. The topological polar surface area (TPSA) is 436 Å². The zero-order valence-electron chi connectivity index (χ0n) is 47.1. The molecule has 2 aromatic carbocycles. The number of aliphatic carboxylic acids is 1. The normalized spacial score (nSPS) is 18.8. The third kappa shape index (κ3) is 20.3. The number of carbonyl (C=O) groups is 10. The van der Waals surface area contributed by atoms with E-state index in [0.717, 1.165) is 0 Å². The van der Waals surface area contributed by atoms with Crippen molar-refractivity contribution in [3.8, 4) is 0 Å². The van der Waals surface area contributed by atoms with Gasteiger partial charge in [-0.25, -0.2) is 4.79 Å². The highest BCUT2D eigenvalue weighted by Gasteiger charge is 2.44. The van der Waals surface area contributed by atoms with E-state index in [0.29, 0.717) is 75.6 Å². The van der Waals surface area contributed by atoms with Gasteiger partial charge >= 0.3 is 5.97 Å². The Kier molecular flexibility index (Phi) is 27.1. The number of aliphatic hydroxyl groups is 1. The van der Waals surface area contributed by atoms with Crippen LogP contribution in [-0.2, 0) is 60.8 Å². The zero-order valence-corrected chi connectivity index (χ0v) is 47.1. The van der Waals surface area contributed by atoms with Crippen molar-refractivity contribution in [2.45, 2.75) is 157 Å². The summed E-state index contributed by atoms with van der Waals surface area (Å²) < 4.78 is 0. The molecule has 3 aliphatic heterocycles. The second kappa shape index (κ2) is 34.0. The highest BCUT2D eigenvalue weighted by molar-refractivity contribution is 5.98. The van der Waals surface area contributed by atoms with Crippen molar-refractivity contribution in [1.82, 2.24) is 46.6 Å². The highest BCUT2D eigenvalue weighted by atomic mass is 16.4. The van der Waals surface area contributed by atoms with Crippen LogP contribution >= 0.6 is 0 Å². The fourth-order valence-corrected chi connectivity index (χ4v) is 10.6. The van der Waals surface area contributed by atoms with Gasteiger partial charge in [0.1, 0.15) is 48.3 Å². The molecule has 3 heterocycles. The molecule has 3 saturated heterocycles. The van der Waals surface area contributed by atoms with Gasteiger partial charge in [-0.05, 0) is 108 Å². The third-order valence-electron chi connectivity index (χ3n) is 15.0. The molecule has 2 aromatic rings. The smallest absolute Gasteiger partial charge is 0.326 e. The number of likely N-dealkylation sites (tertiary alicyclic amines) is 3. The Bertz CT molecular complexity index is 2540. The maximum Gasteiger partial charge on any atom is 0.326 e. The second-order valence-electron chi connectivity index (χ2n) is 21.2. The Labute approximate surface area is 483 Å². The SMILES string of the molecule is NCCCC[C@H](NC(=O)[C@@H](N)CCCCN)C(=O)N[C@@H](CCCN=C(N)N)C(=O)N1CCC[C@H]1C(=O)N1CCC[C@H]1C(=O)NCC(=O)N[C@@H](Cc1ccccc1)C(=O)N[C@@H](CO)C(=O)N1CCC[C@H]1C(=O)N[C@H](Cc1ccccc1)C(=O)O. The predicted molar refractivity (Wildman–Crippen MR) is 306 cm³/mol. The first-order chi connectivity index (χ1) is 39.9. The monoisotopic (exact) mass is 1160 g/mol. The summed E-state index contributed by atoms with van der Waals surface area (Å²) in [6.07, 6.45) is 5.09. The van der Waals surface area contributed by atoms with Crippen molar-refractivity contribution < 1.29 is 58.2 Å². The lowest BCUT2D eigenvalue weighted by molar-refractivity contribution is -0.148. The number of nitrogens with two attached hydrogens (primary N) is 5. The minimum atomic E-state index is -1.56. The van der Waals surface area contributed by atoms with Crippen LogP contribution in [-0.4, -0.2) is 197 Å². The fourth-order valence-electron chi connectivity index (χ4n) is 10.6. The van der Waals surface area contributed by atoms with Crippen LogP contribution in [0, 0.1) is 0 Å². The number of guanidine groups is 1. The largest absolute Gasteiger partial charge is 0.480 e. The van der Waals surface area contributed by atoms with E-state index in [1.807, 2.05) is 0 Å². The lowest BCUT2D eigenvalue weighted by Gasteiger charge is -2.33. The van der Waals surface area contributed by atoms with Crippen LogP contribution in [0.15, 0.2) is 65.7 Å². The van der Waals surface area contributed by atoms with Crippen LogP contribution in [0.5, 0.6) is 0 Å². The van der Waals surface area contributed by atoms with Crippen LogP contribution in [0.3, 0.4) is 0 Å². The van der Waals surface area contributed by atoms with Gasteiger partial charge in [-0.3, -0.25) is 48.1 Å². The molecule has 18 N–H and O–H groups in total. The van der Waals surface area contributed by atoms with Gasteiger partial charge in [0.2, 0.25) is 53.2 Å². The number of aliphatic hydroxyl groups excluding tert-OH is 1. The van der Waals surface area contributed by atoms with Crippen LogP contribution in [0.4, 0.5) is 0 Å². The molecule has 0 aromatic heterocycles. The van der Waals surface area contributed by atoms with E-state index < -0.39 is 127 Å². The Morgan fingerprint density at radius 1 is 0.554 bits per heavy atom. The lowest BCUT2D eigenvalue weighted by Crippen LogP contribution is -2.59. The van der Waals surface area contributed by atoms with E-state index in [4.69, 9.17) is 28.7 Å². The predicted octanol–water partition coefficient (Wildman–Crippen LogP) is -3.30. The van der Waals surface area contributed by atoms with Crippen molar-refractivity contribution in [1.29, 1.82) is 0 Å². The number of carboxylic acids is 1. The molecule has 3 fully saturated rings. The molecular formula is C56H85N15O12. The van der Waals surface area contributed by atoms with Gasteiger partial charge in [0.15, 0.2) is 5.96 Å². The second-order valence-corrected chi connectivity index (χ2v) is 21.2. The number of hydrogen-bond acceptors (Lipinski definition) is 15. The molecule has 0 bridgehead atoms. The molecule has 83 heavy (non-hydrogen) atoms. The van der Waals surface area contributed by atoms with E-state index in [1.54, 1.807) is 60.7 Å². The number of carbonyl (C=O) groups excluding carboxylic acids is 9. The molecule has 5 rings (SSSR count). The van der Waals surface area contributed by atoms with Gasteiger partial charge in [0.25, 0.3) is 0 Å². The fraction of sp³-hybridized carbons (Fsp3) is 0.589. The maximum absolute atomic E-state index is 14.6. The van der Waals surface area contributed by atoms with Gasteiger partial charge in [0.05, 0.1) is 19.2 Å². The molecule has 27 nitrogen and oxygen atoms in total. The summed E-state index contributed by atoms with van der Waals surface area (Å²) in [6, 6.07) is 6.86. The number of unbranched alkanes of at least 4 members (excludes halogenated alkanes) is 2. The molecule has 0 radical (unpaired) electrons. The number of nitrogens with zero attached hydrogens (tertiary/aromatic N) is 4. The number of benzene rings is 2. The van der Waals surface area contributed by atoms with E-state index >= 15 is 0 Å². The van der Waals surface area contributed by atoms with Crippen LogP contribution < -0.4 is 60.6 Å². The number of hydrogen-bond donors (Lipinski definition) is 13. The number of carboxylic acid groups (broad SMARTS) is 1. The lowest BCUT2D eigenvalue weighted by atomic mass is 10.0. The van der Waals surface area contributed by atoms with Gasteiger partial charge in [-0.15, -0.1) is 0 Å². The van der Waals surface area contributed by atoms with Gasteiger partial charge in [-0.1, -0.05) is 67.1 Å². The Morgan fingerprint density at radius 2 is 1.05 bits per heavy atom. The Morgan fingerprint density at radius 3 is 1.63 bits per heavy atom. The Balaban J connectivity index is 1.23. The highest BCUT2D eigenvalue weighted by Crippen LogP contribution is 2.27. The van der Waals surface area contributed by atoms with Crippen LogP contribution in [0.2, 0.25) is 0 Å². The van der Waals surface area contributed by atoms with E-state index in [2.05, 4.69) is 36.9 Å². The molecule has 9 atom stereocenters. The standard InChI is InChI=1S/C56H85N15O12/c57-25-9-7-19-37(59)47(74)65-38(20-8-10-26-58)48(75)66-39(21-11-27-62-56(60)61)52(79)71-30-14-24-45(71)54(81)70-29-12-22-43(70)50(77)63-33-46(73)64-40(31-35-15-3-1-4-16-35)49(76)68-42(34-72)53(80)69-28-13-23-44(69)51(78)67-41(55(82)83)32-36-17-5-2-6-18-36/h1-6,15-18,37-45,72H,7-14,19-34,57-59H2,(H,63,77)(H,64,73)(H,65,74)(H,66,75)(H,67,78)(H,68,76)(H,82,83)(H4,60,61,62)/t37-,38-,39-,40-,41+,42-,43-,44-,45-/m0/s1. The number of nitrogens with one attached hydrogen (secondary N) is 6. The zero-order chi connectivity index (χ0) is 60.4. The van der Waals surface area contributed by atoms with Crippen LogP contribution in [0.25, 0.3) is 0 Å². The molecule has 27 heteroatoms. The summed E-state index contributed by atoms with van der Waals surface area (Å²) in [5, 5.41) is 36.1. The van der Waals surface area contributed by atoms with Crippen molar-refractivity contribution in [2.24, 2.45) is 33.7 Å². The summed E-state index contributed by atoms with van der Waals surface area (Å²) in [5.74, 6) is -7.50. The first kappa shape index (κ1) is 66.1. The first-order valence-electron chi connectivity index (χ1n) is 28.7. The minimum Gasteiger partial charge on any atom is -0.480 e. The van der Waals surface area contributed by atoms with Gasteiger partial charge in [-0.2, -0.15) is 0 Å². The van der Waals surface area contributed by atoms with E-state index in [1.165, 1.54) is 14.7 Å². The maximum atomic E-state index is 14.6. The third-order valence-corrected chi connectivity index (χ3v) is 15.0. The average molecular weight is 1160 g/mol. The summed E-state index contributed by atoms with van der Waals surface area (Å²) in [4.78, 5) is 145. The number of aliphatic imine (C=N–C) groups is 1. The summed E-state index contributed by atoms with van der Waals surface area (Å²) >= 11 is 0. The minimum absolute atomic E-state index is 0.00821. The number of rotatable bonds is 33. The number of amides is 9.